The number of nitro groups is 1. The Labute approximate surface area is 97.2 Å². The van der Waals surface area contributed by atoms with Crippen LogP contribution in [-0.2, 0) is 4.79 Å². The first-order valence-corrected chi connectivity index (χ1v) is 4.82. The van der Waals surface area contributed by atoms with Crippen molar-refractivity contribution in [3.8, 4) is 6.07 Å². The monoisotopic (exact) mass is 234 g/mol. The number of hydrogen-bond donors (Lipinski definition) is 2. The summed E-state index contributed by atoms with van der Waals surface area (Å²) < 4.78 is 0. The number of carbonyl (C=O) groups excluding carboxylic acids is 1. The number of rotatable bonds is 4. The van der Waals surface area contributed by atoms with Crippen LogP contribution in [-0.4, -0.2) is 10.8 Å². The fourth-order valence-corrected chi connectivity index (χ4v) is 1.08. The van der Waals surface area contributed by atoms with Crippen LogP contribution < -0.4 is 10.9 Å². The summed E-state index contributed by atoms with van der Waals surface area (Å²) >= 11 is 0. The van der Waals surface area contributed by atoms with Gasteiger partial charge in [-0.15, -0.1) is 0 Å². The molecule has 0 fully saturated rings. The average Bonchev–Trinajstić information content (AvgIpc) is 2.35. The van der Waals surface area contributed by atoms with E-state index in [2.05, 4.69) is 10.9 Å². The van der Waals surface area contributed by atoms with Crippen LogP contribution in [0, 0.1) is 21.4 Å². The summed E-state index contributed by atoms with van der Waals surface area (Å²) in [7, 11) is 0. The van der Waals surface area contributed by atoms with Crippen molar-refractivity contribution in [2.75, 3.05) is 5.43 Å². The number of hydrazine groups is 1. The highest BCUT2D eigenvalue weighted by Crippen LogP contribution is 2.24. The minimum absolute atomic E-state index is 0.135. The highest BCUT2D eigenvalue weighted by atomic mass is 16.6. The summed E-state index contributed by atoms with van der Waals surface area (Å²) in [5.41, 5.74) is 4.81. The summed E-state index contributed by atoms with van der Waals surface area (Å²) in [4.78, 5) is 21.1. The molecule has 1 amide bonds. The van der Waals surface area contributed by atoms with Crippen molar-refractivity contribution in [1.29, 1.82) is 5.26 Å². The Balaban J connectivity index is 2.95. The summed E-state index contributed by atoms with van der Waals surface area (Å²) in [5, 5.41) is 19.4. The first-order chi connectivity index (χ1) is 8.08. The fourth-order valence-electron chi connectivity index (χ4n) is 1.08. The molecule has 2 N–H and O–H groups in total. The number of nitro benzene ring substituents is 1. The van der Waals surface area contributed by atoms with E-state index in [1.165, 1.54) is 12.1 Å². The molecule has 0 atom stereocenters. The molecular formula is C10H10N4O3. The quantitative estimate of drug-likeness (QED) is 0.603. The molecule has 0 aliphatic heterocycles. The highest BCUT2D eigenvalue weighted by molar-refractivity contribution is 5.78. The molecule has 0 bridgehead atoms. The van der Waals surface area contributed by atoms with E-state index in [1.807, 2.05) is 0 Å². The van der Waals surface area contributed by atoms with E-state index < -0.39 is 4.92 Å². The SMILES string of the molecule is CCC(=O)NNc1ccc(C#N)cc1[N+](=O)[O-]. The van der Waals surface area contributed by atoms with E-state index in [-0.39, 0.29) is 29.3 Å². The van der Waals surface area contributed by atoms with Gasteiger partial charge in [0.05, 0.1) is 16.6 Å². The average molecular weight is 234 g/mol. The lowest BCUT2D eigenvalue weighted by molar-refractivity contribution is -0.384. The van der Waals surface area contributed by atoms with E-state index in [4.69, 9.17) is 5.26 Å². The number of amides is 1. The van der Waals surface area contributed by atoms with E-state index >= 15 is 0 Å². The van der Waals surface area contributed by atoms with Crippen LogP contribution >= 0.6 is 0 Å². The first kappa shape index (κ1) is 12.4. The standard InChI is InChI=1S/C10H10N4O3/c1-2-10(15)13-12-8-4-3-7(6-11)5-9(8)14(16)17/h3-5,12H,2H2,1H3,(H,13,15). The number of benzene rings is 1. The molecule has 7 nitrogen and oxygen atoms in total. The van der Waals surface area contributed by atoms with E-state index in [0.717, 1.165) is 6.07 Å². The van der Waals surface area contributed by atoms with Gasteiger partial charge >= 0.3 is 0 Å². The first-order valence-electron chi connectivity index (χ1n) is 4.82. The molecule has 0 unspecified atom stereocenters. The van der Waals surface area contributed by atoms with Crippen molar-refractivity contribution in [2.24, 2.45) is 0 Å². The van der Waals surface area contributed by atoms with Gasteiger partial charge in [-0.25, -0.2) is 0 Å². The Morgan fingerprint density at radius 3 is 2.82 bits per heavy atom. The van der Waals surface area contributed by atoms with Gasteiger partial charge in [0.2, 0.25) is 5.91 Å². The number of anilines is 1. The third-order valence-electron chi connectivity index (χ3n) is 1.98. The van der Waals surface area contributed by atoms with E-state index in [0.29, 0.717) is 0 Å². The van der Waals surface area contributed by atoms with E-state index in [1.54, 1.807) is 13.0 Å². The molecule has 0 saturated heterocycles. The van der Waals surface area contributed by atoms with Gasteiger partial charge < -0.3 is 0 Å². The zero-order valence-electron chi connectivity index (χ0n) is 9.06. The summed E-state index contributed by atoms with van der Waals surface area (Å²) in [6.45, 7) is 1.66. The lowest BCUT2D eigenvalue weighted by atomic mass is 10.2. The van der Waals surface area contributed by atoms with Gasteiger partial charge in [0.25, 0.3) is 5.69 Å². The van der Waals surface area contributed by atoms with Crippen molar-refractivity contribution < 1.29 is 9.72 Å². The maximum absolute atomic E-state index is 11.0. The molecule has 7 heteroatoms. The summed E-state index contributed by atoms with van der Waals surface area (Å²) in [5.74, 6) is -0.288. The predicted octanol–water partition coefficient (Wildman–Crippen LogP) is 1.32. The molecule has 1 aromatic carbocycles. The largest absolute Gasteiger partial charge is 0.295 e. The lowest BCUT2D eigenvalue weighted by Crippen LogP contribution is -2.28. The predicted molar refractivity (Wildman–Crippen MR) is 59.9 cm³/mol. The zero-order valence-corrected chi connectivity index (χ0v) is 9.06. The smallest absolute Gasteiger partial charge is 0.292 e. The van der Waals surface area contributed by atoms with E-state index in [9.17, 15) is 14.9 Å². The molecule has 88 valence electrons. The number of carbonyl (C=O) groups is 1. The Morgan fingerprint density at radius 1 is 1.59 bits per heavy atom. The van der Waals surface area contributed by atoms with Crippen LogP contribution in [0.2, 0.25) is 0 Å². The molecule has 0 radical (unpaired) electrons. The van der Waals surface area contributed by atoms with Crippen LogP contribution in [0.15, 0.2) is 18.2 Å². The number of hydrogen-bond acceptors (Lipinski definition) is 5. The van der Waals surface area contributed by atoms with Gasteiger partial charge in [0.1, 0.15) is 5.69 Å². The Morgan fingerprint density at radius 2 is 2.29 bits per heavy atom. The van der Waals surface area contributed by atoms with Crippen molar-refractivity contribution in [2.45, 2.75) is 13.3 Å². The molecule has 1 rings (SSSR count). The van der Waals surface area contributed by atoms with Gasteiger partial charge in [-0.1, -0.05) is 6.92 Å². The van der Waals surface area contributed by atoms with Crippen molar-refractivity contribution in [1.82, 2.24) is 5.43 Å². The van der Waals surface area contributed by atoms with Gasteiger partial charge in [-0.3, -0.25) is 25.8 Å². The van der Waals surface area contributed by atoms with Crippen molar-refractivity contribution in [3.63, 3.8) is 0 Å². The minimum atomic E-state index is -0.624. The van der Waals surface area contributed by atoms with Gasteiger partial charge in [-0.2, -0.15) is 5.26 Å². The highest BCUT2D eigenvalue weighted by Gasteiger charge is 2.14. The van der Waals surface area contributed by atoms with Crippen molar-refractivity contribution in [3.05, 3.63) is 33.9 Å². The van der Waals surface area contributed by atoms with Gasteiger partial charge in [-0.05, 0) is 12.1 Å². The topological polar surface area (TPSA) is 108 Å². The second kappa shape index (κ2) is 5.46. The van der Waals surface area contributed by atoms with Gasteiger partial charge in [0.15, 0.2) is 0 Å². The second-order valence-electron chi connectivity index (χ2n) is 3.13. The number of nitrogens with zero attached hydrogens (tertiary/aromatic N) is 2. The summed E-state index contributed by atoms with van der Waals surface area (Å²) in [6.07, 6.45) is 0.261. The molecule has 0 aliphatic carbocycles. The summed E-state index contributed by atoms with van der Waals surface area (Å²) in [6, 6.07) is 5.74. The third kappa shape index (κ3) is 3.17. The Kier molecular flexibility index (Phi) is 4.00. The molecule has 0 saturated carbocycles. The molecule has 0 spiro atoms. The number of nitrogens with one attached hydrogen (secondary N) is 2. The van der Waals surface area contributed by atoms with Crippen LogP contribution in [0.1, 0.15) is 18.9 Å². The third-order valence-corrected chi connectivity index (χ3v) is 1.98. The minimum Gasteiger partial charge on any atom is -0.292 e. The van der Waals surface area contributed by atoms with Crippen LogP contribution in [0.25, 0.3) is 0 Å². The molecule has 0 aromatic heterocycles. The molecule has 0 aliphatic rings. The normalized spacial score (nSPS) is 9.18. The maximum atomic E-state index is 11.0. The Bertz CT molecular complexity index is 493. The van der Waals surface area contributed by atoms with Crippen molar-refractivity contribution >= 4 is 17.3 Å². The Hall–Kier alpha value is -2.62. The van der Waals surface area contributed by atoms with Crippen LogP contribution in [0.4, 0.5) is 11.4 Å². The maximum Gasteiger partial charge on any atom is 0.295 e. The van der Waals surface area contributed by atoms with Crippen LogP contribution in [0.3, 0.4) is 0 Å². The molecule has 0 heterocycles. The van der Waals surface area contributed by atoms with Gasteiger partial charge in [0, 0.05) is 12.5 Å². The zero-order chi connectivity index (χ0) is 12.8. The second-order valence-corrected chi connectivity index (χ2v) is 3.13. The molecule has 1 aromatic rings. The number of nitriles is 1. The fraction of sp³-hybridized carbons (Fsp3) is 0.200. The lowest BCUT2D eigenvalue weighted by Gasteiger charge is -2.07. The molecular weight excluding hydrogens is 224 g/mol. The van der Waals surface area contributed by atoms with Crippen LogP contribution in [0.5, 0.6) is 0 Å². The molecule has 17 heavy (non-hydrogen) atoms.